The zero-order valence-electron chi connectivity index (χ0n) is 8.03. The molecule has 1 heterocycles. The third kappa shape index (κ3) is 2.06. The van der Waals surface area contributed by atoms with Crippen molar-refractivity contribution in [2.75, 3.05) is 5.75 Å². The Kier molecular flexibility index (Phi) is 2.71. The van der Waals surface area contributed by atoms with Crippen molar-refractivity contribution in [3.8, 4) is 0 Å². The summed E-state index contributed by atoms with van der Waals surface area (Å²) >= 11 is 0. The Morgan fingerprint density at radius 1 is 1.38 bits per heavy atom. The van der Waals surface area contributed by atoms with Crippen LogP contribution in [-0.4, -0.2) is 19.2 Å². The maximum atomic E-state index is 11.5. The first-order valence-electron chi connectivity index (χ1n) is 4.13. The average Bonchev–Trinajstić information content (AvgIpc) is 2.09. The van der Waals surface area contributed by atoms with E-state index in [1.165, 1.54) is 0 Å². The third-order valence-electron chi connectivity index (χ3n) is 1.89. The van der Waals surface area contributed by atoms with Crippen molar-refractivity contribution in [2.24, 2.45) is 0 Å². The second-order valence-corrected chi connectivity index (χ2v) is 5.25. The number of hydrogen-bond acceptors (Lipinski definition) is 3. The molecule has 4 heteroatoms. The van der Waals surface area contributed by atoms with Crippen LogP contribution in [0.1, 0.15) is 18.2 Å². The van der Waals surface area contributed by atoms with E-state index >= 15 is 0 Å². The lowest BCUT2D eigenvalue weighted by Crippen LogP contribution is -2.07. The molecular weight excluding hydrogens is 186 g/mol. The first-order chi connectivity index (χ1) is 5.97. The highest BCUT2D eigenvalue weighted by Crippen LogP contribution is 2.15. The first-order valence-corrected chi connectivity index (χ1v) is 5.78. The molecule has 1 aromatic heterocycles. The minimum Gasteiger partial charge on any atom is -0.260 e. The van der Waals surface area contributed by atoms with Crippen molar-refractivity contribution in [1.82, 2.24) is 4.98 Å². The Hall–Kier alpha value is -0.900. The highest BCUT2D eigenvalue weighted by molar-refractivity contribution is 7.91. The van der Waals surface area contributed by atoms with E-state index in [0.717, 1.165) is 5.56 Å². The summed E-state index contributed by atoms with van der Waals surface area (Å²) in [7, 11) is -3.11. The standard InChI is InChI=1S/C9H13NO2S/c1-4-13(11,12)9-5-7(2)6-10-8(9)3/h5-6H,4H2,1-3H3. The van der Waals surface area contributed by atoms with Gasteiger partial charge in [-0.15, -0.1) is 0 Å². The van der Waals surface area contributed by atoms with Crippen LogP contribution in [0, 0.1) is 13.8 Å². The molecule has 1 aromatic rings. The molecule has 0 amide bonds. The number of pyridine rings is 1. The summed E-state index contributed by atoms with van der Waals surface area (Å²) in [5.41, 5.74) is 1.45. The largest absolute Gasteiger partial charge is 0.260 e. The maximum absolute atomic E-state index is 11.5. The summed E-state index contributed by atoms with van der Waals surface area (Å²) in [4.78, 5) is 4.37. The molecule has 0 aromatic carbocycles. The molecule has 0 N–H and O–H groups in total. The third-order valence-corrected chi connectivity index (χ3v) is 3.74. The van der Waals surface area contributed by atoms with E-state index in [4.69, 9.17) is 0 Å². The van der Waals surface area contributed by atoms with Crippen LogP contribution < -0.4 is 0 Å². The van der Waals surface area contributed by atoms with E-state index in [2.05, 4.69) is 4.98 Å². The van der Waals surface area contributed by atoms with Gasteiger partial charge in [-0.2, -0.15) is 0 Å². The van der Waals surface area contributed by atoms with E-state index in [9.17, 15) is 8.42 Å². The van der Waals surface area contributed by atoms with E-state index in [-0.39, 0.29) is 5.75 Å². The molecule has 1 rings (SSSR count). The van der Waals surface area contributed by atoms with Crippen molar-refractivity contribution >= 4 is 9.84 Å². The van der Waals surface area contributed by atoms with Crippen molar-refractivity contribution in [3.05, 3.63) is 23.5 Å². The van der Waals surface area contributed by atoms with Gasteiger partial charge in [0, 0.05) is 6.20 Å². The van der Waals surface area contributed by atoms with Crippen LogP contribution in [0.4, 0.5) is 0 Å². The molecule has 72 valence electrons. The molecule has 0 unspecified atom stereocenters. The van der Waals surface area contributed by atoms with Gasteiger partial charge in [0.2, 0.25) is 0 Å². The highest BCUT2D eigenvalue weighted by atomic mass is 32.2. The van der Waals surface area contributed by atoms with Gasteiger partial charge in [-0.1, -0.05) is 6.92 Å². The van der Waals surface area contributed by atoms with Crippen LogP contribution in [0.5, 0.6) is 0 Å². The summed E-state index contributed by atoms with van der Waals surface area (Å²) in [5.74, 6) is 0.124. The van der Waals surface area contributed by atoms with E-state index in [1.807, 2.05) is 6.92 Å². The van der Waals surface area contributed by atoms with E-state index < -0.39 is 9.84 Å². The zero-order valence-corrected chi connectivity index (χ0v) is 8.85. The number of aryl methyl sites for hydroxylation is 2. The Morgan fingerprint density at radius 3 is 2.54 bits per heavy atom. The average molecular weight is 199 g/mol. The first kappa shape index (κ1) is 10.2. The van der Waals surface area contributed by atoms with Crippen LogP contribution >= 0.6 is 0 Å². The fourth-order valence-corrected chi connectivity index (χ4v) is 2.26. The number of nitrogens with zero attached hydrogens (tertiary/aromatic N) is 1. The van der Waals surface area contributed by atoms with Crippen LogP contribution in [-0.2, 0) is 9.84 Å². The van der Waals surface area contributed by atoms with E-state index in [1.54, 1.807) is 26.1 Å². The molecule has 0 spiro atoms. The number of aromatic nitrogens is 1. The van der Waals surface area contributed by atoms with Gasteiger partial charge >= 0.3 is 0 Å². The lowest BCUT2D eigenvalue weighted by molar-refractivity contribution is 0.596. The fraction of sp³-hybridized carbons (Fsp3) is 0.444. The van der Waals surface area contributed by atoms with Gasteiger partial charge < -0.3 is 0 Å². The molecule has 0 saturated heterocycles. The molecule has 0 aliphatic heterocycles. The number of sulfone groups is 1. The van der Waals surface area contributed by atoms with Crippen molar-refractivity contribution in [3.63, 3.8) is 0 Å². The summed E-state index contributed by atoms with van der Waals surface area (Å²) in [6, 6.07) is 1.67. The molecule has 0 radical (unpaired) electrons. The fourth-order valence-electron chi connectivity index (χ4n) is 1.08. The molecule has 0 aliphatic carbocycles. The predicted octanol–water partition coefficient (Wildman–Crippen LogP) is 1.49. The van der Waals surface area contributed by atoms with Crippen molar-refractivity contribution in [1.29, 1.82) is 0 Å². The minimum absolute atomic E-state index is 0.124. The maximum Gasteiger partial charge on any atom is 0.179 e. The monoisotopic (exact) mass is 199 g/mol. The minimum atomic E-state index is -3.11. The quantitative estimate of drug-likeness (QED) is 0.725. The number of rotatable bonds is 2. The Balaban J connectivity index is 3.38. The molecular formula is C9H13NO2S. The molecule has 0 fully saturated rings. The highest BCUT2D eigenvalue weighted by Gasteiger charge is 2.14. The molecule has 3 nitrogen and oxygen atoms in total. The van der Waals surface area contributed by atoms with Crippen LogP contribution in [0.25, 0.3) is 0 Å². The van der Waals surface area contributed by atoms with Crippen LogP contribution in [0.3, 0.4) is 0 Å². The van der Waals surface area contributed by atoms with Gasteiger partial charge in [-0.25, -0.2) is 8.42 Å². The summed E-state index contributed by atoms with van der Waals surface area (Å²) in [6.45, 7) is 5.18. The van der Waals surface area contributed by atoms with Gasteiger partial charge in [0.1, 0.15) is 0 Å². The van der Waals surface area contributed by atoms with Crippen molar-refractivity contribution < 1.29 is 8.42 Å². The van der Waals surface area contributed by atoms with Crippen LogP contribution in [0.15, 0.2) is 17.2 Å². The summed E-state index contributed by atoms with van der Waals surface area (Å²) in [6.07, 6.45) is 1.67. The summed E-state index contributed by atoms with van der Waals surface area (Å²) < 4.78 is 23.1. The topological polar surface area (TPSA) is 47.0 Å². The second kappa shape index (κ2) is 3.46. The molecule has 0 aliphatic rings. The molecule has 0 bridgehead atoms. The number of hydrogen-bond donors (Lipinski definition) is 0. The van der Waals surface area contributed by atoms with Gasteiger partial charge in [-0.3, -0.25) is 4.98 Å². The SMILES string of the molecule is CCS(=O)(=O)c1cc(C)cnc1C. The van der Waals surface area contributed by atoms with Crippen LogP contribution in [0.2, 0.25) is 0 Å². The summed E-state index contributed by atoms with van der Waals surface area (Å²) in [5, 5.41) is 0. The normalized spacial score (nSPS) is 11.6. The van der Waals surface area contributed by atoms with Gasteiger partial charge in [-0.05, 0) is 25.5 Å². The zero-order chi connectivity index (χ0) is 10.1. The second-order valence-electron chi connectivity index (χ2n) is 3.00. The van der Waals surface area contributed by atoms with Gasteiger partial charge in [0.25, 0.3) is 0 Å². The predicted molar refractivity (Wildman–Crippen MR) is 51.4 cm³/mol. The van der Waals surface area contributed by atoms with Gasteiger partial charge in [0.15, 0.2) is 9.84 Å². The molecule has 0 saturated carbocycles. The molecule has 13 heavy (non-hydrogen) atoms. The Bertz CT molecular complexity index is 410. The van der Waals surface area contributed by atoms with E-state index in [0.29, 0.717) is 10.6 Å². The Labute approximate surface area is 78.7 Å². The van der Waals surface area contributed by atoms with Crippen molar-refractivity contribution in [2.45, 2.75) is 25.7 Å². The smallest absolute Gasteiger partial charge is 0.179 e. The Morgan fingerprint density at radius 2 is 2.00 bits per heavy atom. The lowest BCUT2D eigenvalue weighted by Gasteiger charge is -2.05. The van der Waals surface area contributed by atoms with Gasteiger partial charge in [0.05, 0.1) is 16.3 Å². The lowest BCUT2D eigenvalue weighted by atomic mass is 10.3. The molecule has 0 atom stereocenters.